The number of nitro benzene ring substituents is 1. The first-order valence-corrected chi connectivity index (χ1v) is 4.90. The second-order valence-corrected chi connectivity index (χ2v) is 3.36. The zero-order valence-corrected chi connectivity index (χ0v) is 9.05. The maximum atomic E-state index is 11.6. The van der Waals surface area contributed by atoms with Gasteiger partial charge in [-0.25, -0.2) is 4.68 Å². The van der Waals surface area contributed by atoms with Gasteiger partial charge in [-0.1, -0.05) is 6.07 Å². The molecular weight excluding hydrogens is 240 g/mol. The maximum absolute atomic E-state index is 11.6. The van der Waals surface area contributed by atoms with Gasteiger partial charge in [0.05, 0.1) is 4.92 Å². The molecule has 18 heavy (non-hydrogen) atoms. The van der Waals surface area contributed by atoms with Gasteiger partial charge in [-0.05, 0) is 16.5 Å². The highest BCUT2D eigenvalue weighted by Gasteiger charge is 2.08. The molecule has 1 aromatic heterocycles. The summed E-state index contributed by atoms with van der Waals surface area (Å²) in [5.74, 6) is -0.372. The van der Waals surface area contributed by atoms with Crippen LogP contribution in [0.2, 0.25) is 0 Å². The molecule has 1 heterocycles. The number of hydrogen-bond acceptors (Lipinski definition) is 6. The maximum Gasteiger partial charge on any atom is 0.271 e. The molecule has 0 spiro atoms. The van der Waals surface area contributed by atoms with E-state index in [1.165, 1.54) is 29.2 Å². The van der Waals surface area contributed by atoms with Gasteiger partial charge in [0.25, 0.3) is 5.69 Å². The molecule has 0 radical (unpaired) electrons. The largest absolute Gasteiger partial charge is 0.324 e. The zero-order chi connectivity index (χ0) is 13.0. The summed E-state index contributed by atoms with van der Waals surface area (Å²) in [5, 5.41) is 23.4. The molecule has 0 saturated carbocycles. The smallest absolute Gasteiger partial charge is 0.271 e. The molecule has 1 aromatic carbocycles. The van der Waals surface area contributed by atoms with E-state index in [0.29, 0.717) is 5.69 Å². The molecule has 0 aliphatic carbocycles. The third-order valence-corrected chi connectivity index (χ3v) is 2.04. The van der Waals surface area contributed by atoms with Crippen LogP contribution >= 0.6 is 0 Å². The van der Waals surface area contributed by atoms with E-state index in [4.69, 9.17) is 0 Å². The zero-order valence-electron chi connectivity index (χ0n) is 9.05. The lowest BCUT2D eigenvalue weighted by atomic mass is 10.3. The predicted molar refractivity (Wildman–Crippen MR) is 59.5 cm³/mol. The van der Waals surface area contributed by atoms with Crippen LogP contribution in [0.15, 0.2) is 30.6 Å². The quantitative estimate of drug-likeness (QED) is 0.611. The predicted octanol–water partition coefficient (Wildman–Crippen LogP) is 0.220. The Morgan fingerprint density at radius 2 is 2.33 bits per heavy atom. The Morgan fingerprint density at radius 1 is 1.50 bits per heavy atom. The third kappa shape index (κ3) is 2.84. The van der Waals surface area contributed by atoms with Crippen LogP contribution in [0.4, 0.5) is 11.4 Å². The fourth-order valence-electron chi connectivity index (χ4n) is 1.30. The first-order chi connectivity index (χ1) is 8.65. The van der Waals surface area contributed by atoms with E-state index in [9.17, 15) is 14.9 Å². The van der Waals surface area contributed by atoms with Crippen LogP contribution in [0.5, 0.6) is 0 Å². The number of nitrogens with zero attached hydrogens (tertiary/aromatic N) is 5. The van der Waals surface area contributed by atoms with Crippen molar-refractivity contribution in [2.24, 2.45) is 0 Å². The second kappa shape index (κ2) is 4.99. The second-order valence-electron chi connectivity index (χ2n) is 3.36. The highest BCUT2D eigenvalue weighted by atomic mass is 16.6. The van der Waals surface area contributed by atoms with Crippen molar-refractivity contribution in [1.82, 2.24) is 20.2 Å². The molecule has 9 nitrogen and oxygen atoms in total. The van der Waals surface area contributed by atoms with Gasteiger partial charge in [0.1, 0.15) is 12.9 Å². The Kier molecular flexibility index (Phi) is 3.23. The minimum absolute atomic E-state index is 0.0598. The SMILES string of the molecule is O=C(Cn1cnnn1)Nc1cccc([N+](=O)[O-])c1. The summed E-state index contributed by atoms with van der Waals surface area (Å²) < 4.78 is 1.24. The van der Waals surface area contributed by atoms with Crippen molar-refractivity contribution >= 4 is 17.3 Å². The summed E-state index contributed by atoms with van der Waals surface area (Å²) in [5.41, 5.74) is 0.262. The van der Waals surface area contributed by atoms with Crippen LogP contribution in [0, 0.1) is 10.1 Å². The van der Waals surface area contributed by atoms with E-state index >= 15 is 0 Å². The molecule has 0 atom stereocenters. The van der Waals surface area contributed by atoms with Crippen molar-refractivity contribution < 1.29 is 9.72 Å². The molecule has 0 saturated heterocycles. The number of carbonyl (C=O) groups is 1. The van der Waals surface area contributed by atoms with Gasteiger partial charge in [0.2, 0.25) is 5.91 Å². The van der Waals surface area contributed by atoms with Gasteiger partial charge >= 0.3 is 0 Å². The minimum atomic E-state index is -0.531. The van der Waals surface area contributed by atoms with Crippen molar-refractivity contribution in [3.63, 3.8) is 0 Å². The number of anilines is 1. The van der Waals surface area contributed by atoms with E-state index in [-0.39, 0.29) is 18.1 Å². The van der Waals surface area contributed by atoms with Crippen molar-refractivity contribution in [3.05, 3.63) is 40.7 Å². The Bertz CT molecular complexity index is 567. The van der Waals surface area contributed by atoms with Crippen LogP contribution in [0.25, 0.3) is 0 Å². The standard InChI is InChI=1S/C9H8N6O3/c16-9(5-14-6-10-12-13-14)11-7-2-1-3-8(4-7)15(17)18/h1-4,6H,5H2,(H,11,16). The van der Waals surface area contributed by atoms with Gasteiger partial charge in [0, 0.05) is 17.8 Å². The van der Waals surface area contributed by atoms with Crippen LogP contribution in [-0.2, 0) is 11.3 Å². The Labute approximate surface area is 101 Å². The molecule has 0 unspecified atom stereocenters. The molecule has 2 aromatic rings. The van der Waals surface area contributed by atoms with Crippen molar-refractivity contribution in [2.75, 3.05) is 5.32 Å². The van der Waals surface area contributed by atoms with E-state index < -0.39 is 4.92 Å². The highest BCUT2D eigenvalue weighted by molar-refractivity contribution is 5.90. The number of rotatable bonds is 4. The molecule has 0 aliphatic rings. The average molecular weight is 248 g/mol. The fraction of sp³-hybridized carbons (Fsp3) is 0.111. The van der Waals surface area contributed by atoms with Gasteiger partial charge in [-0.2, -0.15) is 0 Å². The van der Waals surface area contributed by atoms with Crippen molar-refractivity contribution in [1.29, 1.82) is 0 Å². The van der Waals surface area contributed by atoms with Gasteiger partial charge in [-0.15, -0.1) is 5.10 Å². The first-order valence-electron chi connectivity index (χ1n) is 4.90. The highest BCUT2D eigenvalue weighted by Crippen LogP contribution is 2.16. The summed E-state index contributed by atoms with van der Waals surface area (Å²) in [7, 11) is 0. The molecule has 1 amide bonds. The number of benzene rings is 1. The lowest BCUT2D eigenvalue weighted by Gasteiger charge is -2.04. The molecule has 0 fully saturated rings. The Balaban J connectivity index is 2.03. The topological polar surface area (TPSA) is 116 Å². The van der Waals surface area contributed by atoms with Gasteiger partial charge < -0.3 is 5.32 Å². The summed E-state index contributed by atoms with van der Waals surface area (Å²) in [4.78, 5) is 21.6. The van der Waals surface area contributed by atoms with E-state index in [0.717, 1.165) is 0 Å². The molecule has 92 valence electrons. The average Bonchev–Trinajstić information content (AvgIpc) is 2.82. The fourth-order valence-corrected chi connectivity index (χ4v) is 1.30. The lowest BCUT2D eigenvalue weighted by molar-refractivity contribution is -0.384. The van der Waals surface area contributed by atoms with Crippen molar-refractivity contribution in [2.45, 2.75) is 6.54 Å². The summed E-state index contributed by atoms with van der Waals surface area (Å²) in [6, 6.07) is 5.67. The molecule has 0 bridgehead atoms. The Hall–Kier alpha value is -2.84. The van der Waals surface area contributed by atoms with Crippen LogP contribution in [0.3, 0.4) is 0 Å². The van der Waals surface area contributed by atoms with Crippen LogP contribution in [0.1, 0.15) is 0 Å². The molecule has 9 heteroatoms. The summed E-state index contributed by atoms with van der Waals surface area (Å²) in [6.45, 7) is -0.0598. The number of nitrogens with one attached hydrogen (secondary N) is 1. The number of tetrazole rings is 1. The number of nitro groups is 1. The van der Waals surface area contributed by atoms with Gasteiger partial charge in [0.15, 0.2) is 0 Å². The normalized spacial score (nSPS) is 10.0. The summed E-state index contributed by atoms with van der Waals surface area (Å²) in [6.07, 6.45) is 1.30. The van der Waals surface area contributed by atoms with Crippen LogP contribution in [-0.4, -0.2) is 31.0 Å². The van der Waals surface area contributed by atoms with Gasteiger partial charge in [-0.3, -0.25) is 14.9 Å². The summed E-state index contributed by atoms with van der Waals surface area (Å²) >= 11 is 0. The lowest BCUT2D eigenvalue weighted by Crippen LogP contribution is -2.19. The molecular formula is C9H8N6O3. The number of carbonyl (C=O) groups excluding carboxylic acids is 1. The van der Waals surface area contributed by atoms with E-state index in [1.807, 2.05) is 0 Å². The number of amides is 1. The molecule has 0 aliphatic heterocycles. The number of non-ortho nitro benzene ring substituents is 1. The van der Waals surface area contributed by atoms with E-state index in [2.05, 4.69) is 20.8 Å². The molecule has 1 N–H and O–H groups in total. The number of aromatic nitrogens is 4. The molecule has 2 rings (SSSR count). The number of hydrogen-bond donors (Lipinski definition) is 1. The van der Waals surface area contributed by atoms with E-state index in [1.54, 1.807) is 6.07 Å². The first kappa shape index (κ1) is 11.6. The monoisotopic (exact) mass is 248 g/mol. The van der Waals surface area contributed by atoms with Crippen LogP contribution < -0.4 is 5.32 Å². The van der Waals surface area contributed by atoms with Crippen molar-refractivity contribution in [3.8, 4) is 0 Å². The Morgan fingerprint density at radius 3 is 3.00 bits per heavy atom. The third-order valence-electron chi connectivity index (χ3n) is 2.04. The minimum Gasteiger partial charge on any atom is -0.324 e.